The third kappa shape index (κ3) is 1.27. The van der Waals surface area contributed by atoms with Gasteiger partial charge in [-0.3, -0.25) is 0 Å². The fourth-order valence-corrected chi connectivity index (χ4v) is 3.16. The lowest BCUT2D eigenvalue weighted by molar-refractivity contribution is 0.230. The zero-order valence-corrected chi connectivity index (χ0v) is 8.53. The Balaban J connectivity index is 2.70. The summed E-state index contributed by atoms with van der Waals surface area (Å²) in [6.07, 6.45) is 2.61. The first-order valence-corrected chi connectivity index (χ1v) is 7.00. The van der Waals surface area contributed by atoms with Crippen LogP contribution in [0.4, 0.5) is 0 Å². The van der Waals surface area contributed by atoms with Crippen molar-refractivity contribution < 1.29 is 4.43 Å². The molecule has 0 spiro atoms. The van der Waals surface area contributed by atoms with Gasteiger partial charge in [0.15, 0.2) is 8.32 Å². The van der Waals surface area contributed by atoms with E-state index in [2.05, 4.69) is 26.9 Å². The molecule has 60 valence electrons. The molecular formula is C8H18OSi. The van der Waals surface area contributed by atoms with Crippen LogP contribution in [-0.4, -0.2) is 14.9 Å². The van der Waals surface area contributed by atoms with E-state index in [0.29, 0.717) is 5.04 Å². The summed E-state index contributed by atoms with van der Waals surface area (Å²) in [7, 11) is -1.32. The van der Waals surface area contributed by atoms with Gasteiger partial charge in [0.25, 0.3) is 0 Å². The predicted octanol–water partition coefficient (Wildman–Crippen LogP) is 2.78. The van der Waals surface area contributed by atoms with E-state index in [1.54, 1.807) is 0 Å². The van der Waals surface area contributed by atoms with Crippen molar-refractivity contribution in [3.63, 3.8) is 0 Å². The Morgan fingerprint density at radius 3 is 2.20 bits per heavy atom. The van der Waals surface area contributed by atoms with E-state index < -0.39 is 8.32 Å². The summed E-state index contributed by atoms with van der Waals surface area (Å²) in [4.78, 5) is 0. The molecule has 1 saturated heterocycles. The third-order valence-electron chi connectivity index (χ3n) is 3.04. The van der Waals surface area contributed by atoms with Crippen molar-refractivity contribution >= 4 is 8.32 Å². The minimum atomic E-state index is -1.32. The van der Waals surface area contributed by atoms with Gasteiger partial charge in [0, 0.05) is 6.61 Å². The summed E-state index contributed by atoms with van der Waals surface area (Å²) < 4.78 is 5.82. The molecule has 0 amide bonds. The fraction of sp³-hybridized carbons (Fsp3) is 1.00. The topological polar surface area (TPSA) is 9.23 Å². The maximum Gasteiger partial charge on any atom is 0.192 e. The average molecular weight is 158 g/mol. The third-order valence-corrected chi connectivity index (χ3v) is 7.47. The van der Waals surface area contributed by atoms with Gasteiger partial charge in [-0.1, -0.05) is 13.8 Å². The van der Waals surface area contributed by atoms with E-state index >= 15 is 0 Å². The summed E-state index contributed by atoms with van der Waals surface area (Å²) in [5, 5.41) is 0.491. The van der Waals surface area contributed by atoms with Crippen LogP contribution in [0.25, 0.3) is 0 Å². The van der Waals surface area contributed by atoms with Gasteiger partial charge in [-0.15, -0.1) is 0 Å². The Morgan fingerprint density at radius 2 is 1.90 bits per heavy atom. The summed E-state index contributed by atoms with van der Waals surface area (Å²) in [5.41, 5.74) is 0. The van der Waals surface area contributed by atoms with E-state index in [4.69, 9.17) is 4.43 Å². The molecule has 2 heteroatoms. The second kappa shape index (κ2) is 2.34. The van der Waals surface area contributed by atoms with Crippen LogP contribution in [0.15, 0.2) is 0 Å². The first kappa shape index (κ1) is 8.28. The molecule has 10 heavy (non-hydrogen) atoms. The summed E-state index contributed by atoms with van der Waals surface area (Å²) in [6.45, 7) is 10.3. The maximum absolute atomic E-state index is 5.82. The summed E-state index contributed by atoms with van der Waals surface area (Å²) in [6, 6.07) is 0. The maximum atomic E-state index is 5.82. The van der Waals surface area contributed by atoms with E-state index in [9.17, 15) is 0 Å². The van der Waals surface area contributed by atoms with Crippen LogP contribution in [0.2, 0.25) is 18.1 Å². The van der Waals surface area contributed by atoms with E-state index in [-0.39, 0.29) is 0 Å². The van der Waals surface area contributed by atoms with Crippen molar-refractivity contribution in [1.29, 1.82) is 0 Å². The van der Waals surface area contributed by atoms with Gasteiger partial charge in [-0.05, 0) is 31.0 Å². The number of hydrogen-bond acceptors (Lipinski definition) is 1. The quantitative estimate of drug-likeness (QED) is 0.493. The van der Waals surface area contributed by atoms with E-state index in [1.807, 2.05) is 0 Å². The van der Waals surface area contributed by atoms with Crippen LogP contribution >= 0.6 is 0 Å². The Bertz CT molecular complexity index is 113. The molecule has 1 fully saturated rings. The van der Waals surface area contributed by atoms with Gasteiger partial charge in [0.1, 0.15) is 0 Å². The molecular weight excluding hydrogens is 140 g/mol. The Hall–Kier alpha value is 0.177. The van der Waals surface area contributed by atoms with Crippen LogP contribution in [0.1, 0.15) is 26.7 Å². The Kier molecular flexibility index (Phi) is 1.94. The smallest absolute Gasteiger partial charge is 0.192 e. The highest BCUT2D eigenvalue weighted by atomic mass is 28.4. The lowest BCUT2D eigenvalue weighted by Gasteiger charge is -2.43. The normalized spacial score (nSPS) is 30.0. The highest BCUT2D eigenvalue weighted by Gasteiger charge is 2.42. The standard InChI is InChI=1S/C8H18OSi/c1-8(2)6-5-7-9-10(8,3)4/h5-7H2,1-4H3. The second-order valence-electron chi connectivity index (χ2n) is 4.35. The van der Waals surface area contributed by atoms with Gasteiger partial charge in [0.2, 0.25) is 0 Å². The first-order chi connectivity index (χ1) is 4.46. The average Bonchev–Trinajstić information content (AvgIpc) is 1.77. The lowest BCUT2D eigenvalue weighted by atomic mass is 10.1. The molecule has 1 aliphatic heterocycles. The molecule has 0 N–H and O–H groups in total. The minimum absolute atomic E-state index is 0.491. The van der Waals surface area contributed by atoms with Crippen molar-refractivity contribution in [3.8, 4) is 0 Å². The van der Waals surface area contributed by atoms with Gasteiger partial charge in [-0.25, -0.2) is 0 Å². The molecule has 1 aliphatic rings. The van der Waals surface area contributed by atoms with E-state index in [1.165, 1.54) is 12.8 Å². The lowest BCUT2D eigenvalue weighted by Crippen LogP contribution is -2.45. The zero-order valence-electron chi connectivity index (χ0n) is 7.53. The molecule has 0 aromatic heterocycles. The van der Waals surface area contributed by atoms with Crippen LogP contribution in [0.5, 0.6) is 0 Å². The first-order valence-electron chi connectivity index (χ1n) is 4.10. The molecule has 1 rings (SSSR count). The highest BCUT2D eigenvalue weighted by Crippen LogP contribution is 2.44. The molecule has 0 unspecified atom stereocenters. The molecule has 0 aromatic carbocycles. The molecule has 0 aromatic rings. The summed E-state index contributed by atoms with van der Waals surface area (Å²) >= 11 is 0. The Morgan fingerprint density at radius 1 is 1.30 bits per heavy atom. The molecule has 0 atom stereocenters. The molecule has 0 aliphatic carbocycles. The highest BCUT2D eigenvalue weighted by molar-refractivity contribution is 6.74. The van der Waals surface area contributed by atoms with Crippen molar-refractivity contribution in [2.24, 2.45) is 0 Å². The largest absolute Gasteiger partial charge is 0.417 e. The predicted molar refractivity (Wildman–Crippen MR) is 46.7 cm³/mol. The molecule has 0 bridgehead atoms. The zero-order chi connectivity index (χ0) is 7.83. The molecule has 1 heterocycles. The van der Waals surface area contributed by atoms with Crippen LogP contribution in [0.3, 0.4) is 0 Å². The SMILES string of the molecule is CC1(C)CCCO[Si]1(C)C. The van der Waals surface area contributed by atoms with Crippen molar-refractivity contribution in [2.75, 3.05) is 6.61 Å². The van der Waals surface area contributed by atoms with Gasteiger partial charge < -0.3 is 4.43 Å². The fourth-order valence-electron chi connectivity index (χ4n) is 1.34. The second-order valence-corrected chi connectivity index (χ2v) is 9.01. The van der Waals surface area contributed by atoms with Crippen molar-refractivity contribution in [1.82, 2.24) is 0 Å². The van der Waals surface area contributed by atoms with Crippen LogP contribution in [-0.2, 0) is 4.43 Å². The molecule has 1 nitrogen and oxygen atoms in total. The van der Waals surface area contributed by atoms with Crippen LogP contribution < -0.4 is 0 Å². The van der Waals surface area contributed by atoms with Crippen LogP contribution in [0, 0.1) is 0 Å². The number of rotatable bonds is 0. The molecule has 0 radical (unpaired) electrons. The summed E-state index contributed by atoms with van der Waals surface area (Å²) in [5.74, 6) is 0. The van der Waals surface area contributed by atoms with Gasteiger partial charge in [0.05, 0.1) is 0 Å². The monoisotopic (exact) mass is 158 g/mol. The molecule has 0 saturated carbocycles. The Labute approximate surface area is 64.9 Å². The van der Waals surface area contributed by atoms with Gasteiger partial charge >= 0.3 is 0 Å². The van der Waals surface area contributed by atoms with Crippen molar-refractivity contribution in [3.05, 3.63) is 0 Å². The van der Waals surface area contributed by atoms with Crippen molar-refractivity contribution in [2.45, 2.75) is 44.8 Å². The minimum Gasteiger partial charge on any atom is -0.417 e. The van der Waals surface area contributed by atoms with E-state index in [0.717, 1.165) is 6.61 Å². The van der Waals surface area contributed by atoms with Gasteiger partial charge in [-0.2, -0.15) is 0 Å². The number of hydrogen-bond donors (Lipinski definition) is 0.